The van der Waals surface area contributed by atoms with Crippen LogP contribution in [0.1, 0.15) is 43.2 Å². The van der Waals surface area contributed by atoms with Crippen LogP contribution in [0, 0.1) is 5.41 Å². The lowest BCUT2D eigenvalue weighted by Crippen LogP contribution is -2.40. The van der Waals surface area contributed by atoms with Crippen molar-refractivity contribution in [3.05, 3.63) is 96.3 Å². The number of aromatic nitrogens is 2. The average molecular weight is 492 g/mol. The quantitative estimate of drug-likeness (QED) is 0.287. The number of nitrogens with one attached hydrogen (secondary N) is 1. The Balaban J connectivity index is 1.34. The molecular weight excluding hydrogens is 462 g/mol. The second-order valence-corrected chi connectivity index (χ2v) is 9.73. The molecule has 5 rings (SSSR count). The minimum atomic E-state index is -1.00. The fourth-order valence-corrected chi connectivity index (χ4v) is 5.21. The number of nitrogens with zero attached hydrogens (tertiary/aromatic N) is 2. The van der Waals surface area contributed by atoms with Gasteiger partial charge in [0.05, 0.1) is 16.4 Å². The molecule has 0 atom stereocenters. The second-order valence-electron chi connectivity index (χ2n) is 9.73. The van der Waals surface area contributed by atoms with Crippen molar-refractivity contribution in [1.29, 1.82) is 0 Å². The number of aliphatic carboxylic acids is 1. The number of carbonyl (C=O) groups excluding carboxylic acids is 1. The number of carbonyl (C=O) groups is 2. The topological polar surface area (TPSA) is 92.2 Å². The highest BCUT2D eigenvalue weighted by molar-refractivity contribution is 5.96. The van der Waals surface area contributed by atoms with Crippen molar-refractivity contribution in [2.75, 3.05) is 5.32 Å². The van der Waals surface area contributed by atoms with E-state index < -0.39 is 11.4 Å². The van der Waals surface area contributed by atoms with E-state index in [1.54, 1.807) is 18.5 Å². The van der Waals surface area contributed by atoms with Gasteiger partial charge in [0.15, 0.2) is 0 Å². The second kappa shape index (κ2) is 10.7. The fraction of sp³-hybridized carbons (Fsp3) is 0.226. The lowest BCUT2D eigenvalue weighted by molar-refractivity contribution is -0.131. The zero-order chi connectivity index (χ0) is 25.7. The molecule has 1 aromatic heterocycles. The van der Waals surface area contributed by atoms with Crippen molar-refractivity contribution in [2.45, 2.75) is 38.5 Å². The maximum Gasteiger partial charge on any atom is 0.328 e. The molecule has 1 fully saturated rings. The Bertz CT molecular complexity index is 1450. The van der Waals surface area contributed by atoms with Crippen molar-refractivity contribution in [2.24, 2.45) is 5.41 Å². The van der Waals surface area contributed by atoms with E-state index in [1.165, 1.54) is 6.08 Å². The molecule has 1 aliphatic carbocycles. The summed E-state index contributed by atoms with van der Waals surface area (Å²) in [6.45, 7) is 0. The van der Waals surface area contributed by atoms with Crippen LogP contribution in [0.5, 0.6) is 0 Å². The molecule has 6 heteroatoms. The molecule has 6 nitrogen and oxygen atoms in total. The highest BCUT2D eigenvalue weighted by Crippen LogP contribution is 2.40. The van der Waals surface area contributed by atoms with Gasteiger partial charge in [-0.2, -0.15) is 0 Å². The lowest BCUT2D eigenvalue weighted by Gasteiger charge is -2.36. The number of amides is 1. The summed E-state index contributed by atoms with van der Waals surface area (Å²) in [5, 5.41) is 12.0. The molecule has 0 bridgehead atoms. The number of benzene rings is 3. The van der Waals surface area contributed by atoms with Gasteiger partial charge in [-0.05, 0) is 71.9 Å². The van der Waals surface area contributed by atoms with E-state index in [0.29, 0.717) is 12.1 Å². The summed E-state index contributed by atoms with van der Waals surface area (Å²) < 4.78 is 0. The summed E-state index contributed by atoms with van der Waals surface area (Å²) in [6, 6.07) is 21.8. The Hall–Kier alpha value is -4.32. The van der Waals surface area contributed by atoms with Crippen LogP contribution in [0.15, 0.2) is 85.2 Å². The van der Waals surface area contributed by atoms with E-state index in [1.807, 2.05) is 30.3 Å². The predicted octanol–water partition coefficient (Wildman–Crippen LogP) is 6.53. The van der Waals surface area contributed by atoms with Gasteiger partial charge in [-0.25, -0.2) is 4.79 Å². The number of anilines is 1. The van der Waals surface area contributed by atoms with Crippen LogP contribution in [0.4, 0.5) is 5.69 Å². The van der Waals surface area contributed by atoms with E-state index >= 15 is 0 Å². The minimum Gasteiger partial charge on any atom is -0.478 e. The van der Waals surface area contributed by atoms with Crippen molar-refractivity contribution in [1.82, 2.24) is 9.97 Å². The molecule has 0 unspecified atom stereocenters. The van der Waals surface area contributed by atoms with Crippen LogP contribution >= 0.6 is 0 Å². The zero-order valence-corrected chi connectivity index (χ0v) is 20.6. The Kier molecular flexibility index (Phi) is 7.08. The Morgan fingerprint density at radius 3 is 2.35 bits per heavy atom. The lowest BCUT2D eigenvalue weighted by atomic mass is 9.69. The van der Waals surface area contributed by atoms with E-state index in [9.17, 15) is 9.59 Å². The molecule has 0 radical (unpaired) electrons. The van der Waals surface area contributed by atoms with Gasteiger partial charge in [0.2, 0.25) is 5.91 Å². The zero-order valence-electron chi connectivity index (χ0n) is 20.6. The molecule has 0 spiro atoms. The normalized spacial score (nSPS) is 15.0. The van der Waals surface area contributed by atoms with Gasteiger partial charge < -0.3 is 10.4 Å². The number of carboxylic acid groups (broad SMARTS) is 1. The molecule has 1 saturated carbocycles. The first-order valence-corrected chi connectivity index (χ1v) is 12.6. The number of carboxylic acids is 1. The smallest absolute Gasteiger partial charge is 0.328 e. The van der Waals surface area contributed by atoms with Gasteiger partial charge in [-0.1, -0.05) is 61.7 Å². The van der Waals surface area contributed by atoms with Crippen molar-refractivity contribution in [3.63, 3.8) is 0 Å². The number of fused-ring (bicyclic) bond motifs is 1. The summed E-state index contributed by atoms with van der Waals surface area (Å²) in [7, 11) is 0. The summed E-state index contributed by atoms with van der Waals surface area (Å²) in [4.78, 5) is 33.3. The monoisotopic (exact) mass is 491 g/mol. The van der Waals surface area contributed by atoms with Crippen molar-refractivity contribution in [3.8, 4) is 11.1 Å². The third kappa shape index (κ3) is 5.75. The molecule has 4 aromatic rings. The molecule has 0 saturated heterocycles. The van der Waals surface area contributed by atoms with Gasteiger partial charge in [-0.3, -0.25) is 14.8 Å². The van der Waals surface area contributed by atoms with Crippen LogP contribution in [0.2, 0.25) is 0 Å². The van der Waals surface area contributed by atoms with Gasteiger partial charge in [0.25, 0.3) is 0 Å². The SMILES string of the molecule is O=C(O)/C=C/c1cccc(NC(=O)C2(Cc3ccc(-c4ccc5nccnc5c4)cc3)CCCCC2)c1. The molecule has 3 aromatic carbocycles. The molecule has 2 N–H and O–H groups in total. The average Bonchev–Trinajstić information content (AvgIpc) is 2.93. The molecule has 186 valence electrons. The van der Waals surface area contributed by atoms with Gasteiger partial charge in [-0.15, -0.1) is 0 Å². The van der Waals surface area contributed by atoms with E-state index in [-0.39, 0.29) is 5.91 Å². The van der Waals surface area contributed by atoms with Crippen LogP contribution in [0.3, 0.4) is 0 Å². The summed E-state index contributed by atoms with van der Waals surface area (Å²) in [6.07, 6.45) is 11.6. The highest BCUT2D eigenvalue weighted by atomic mass is 16.4. The van der Waals surface area contributed by atoms with Gasteiger partial charge in [0, 0.05) is 24.2 Å². The third-order valence-corrected chi connectivity index (χ3v) is 7.15. The number of hydrogen-bond donors (Lipinski definition) is 2. The summed E-state index contributed by atoms with van der Waals surface area (Å²) >= 11 is 0. The molecule has 0 aliphatic heterocycles. The van der Waals surface area contributed by atoms with Crippen LogP contribution in [-0.2, 0) is 16.0 Å². The molecule has 1 aliphatic rings. The first kappa shape index (κ1) is 24.4. The fourth-order valence-electron chi connectivity index (χ4n) is 5.21. The van der Waals surface area contributed by atoms with E-state index in [4.69, 9.17) is 5.11 Å². The highest BCUT2D eigenvalue weighted by Gasteiger charge is 2.39. The Morgan fingerprint density at radius 1 is 0.865 bits per heavy atom. The molecule has 37 heavy (non-hydrogen) atoms. The number of rotatable bonds is 7. The maximum absolute atomic E-state index is 13.6. The predicted molar refractivity (Wildman–Crippen MR) is 146 cm³/mol. The van der Waals surface area contributed by atoms with Crippen molar-refractivity contribution >= 4 is 34.7 Å². The summed E-state index contributed by atoms with van der Waals surface area (Å²) in [5.41, 5.74) is 6.00. The number of hydrogen-bond acceptors (Lipinski definition) is 4. The van der Waals surface area contributed by atoms with Crippen LogP contribution in [-0.4, -0.2) is 27.0 Å². The molecular formula is C31H29N3O3. The Labute approximate surface area is 216 Å². The van der Waals surface area contributed by atoms with E-state index in [0.717, 1.165) is 71.5 Å². The van der Waals surface area contributed by atoms with Crippen molar-refractivity contribution < 1.29 is 14.7 Å². The summed E-state index contributed by atoms with van der Waals surface area (Å²) in [5.74, 6) is -0.973. The molecule has 1 heterocycles. The van der Waals surface area contributed by atoms with Crippen LogP contribution in [0.25, 0.3) is 28.2 Å². The first-order valence-electron chi connectivity index (χ1n) is 12.6. The third-order valence-electron chi connectivity index (χ3n) is 7.15. The first-order chi connectivity index (χ1) is 18.0. The van der Waals surface area contributed by atoms with E-state index in [2.05, 4.69) is 45.6 Å². The largest absolute Gasteiger partial charge is 0.478 e. The van der Waals surface area contributed by atoms with Gasteiger partial charge in [0.1, 0.15) is 0 Å². The molecule has 1 amide bonds. The Morgan fingerprint density at radius 2 is 1.59 bits per heavy atom. The standard InChI is InChI=1S/C31H29N3O3/c35-29(36)14-9-22-5-4-6-26(19-22)34-30(37)31(15-2-1-3-16-31)21-23-7-10-24(11-8-23)25-12-13-27-28(20-25)33-18-17-32-27/h4-14,17-20H,1-3,15-16,21H2,(H,34,37)(H,35,36)/b14-9+. The van der Waals surface area contributed by atoms with Crippen LogP contribution < -0.4 is 5.32 Å². The van der Waals surface area contributed by atoms with Gasteiger partial charge >= 0.3 is 5.97 Å². The maximum atomic E-state index is 13.6. The minimum absolute atomic E-state index is 0.0312.